The number of aliphatic hydroxyl groups is 1. The summed E-state index contributed by atoms with van der Waals surface area (Å²) in [6, 6.07) is 2.25. The van der Waals surface area contributed by atoms with Gasteiger partial charge in [0.25, 0.3) is 5.91 Å². The van der Waals surface area contributed by atoms with E-state index in [4.69, 9.17) is 17.2 Å². The zero-order valence-electron chi connectivity index (χ0n) is 15.5. The van der Waals surface area contributed by atoms with E-state index < -0.39 is 11.9 Å². The number of aromatic hydroxyl groups is 1. The summed E-state index contributed by atoms with van der Waals surface area (Å²) < 4.78 is 0. The van der Waals surface area contributed by atoms with E-state index in [1.54, 1.807) is 6.07 Å². The highest BCUT2D eigenvalue weighted by Crippen LogP contribution is 2.52. The lowest BCUT2D eigenvalue weighted by atomic mass is 9.58. The molecule has 1 amide bonds. The first-order valence-corrected chi connectivity index (χ1v) is 9.18. The molecule has 0 aliphatic heterocycles. The van der Waals surface area contributed by atoms with E-state index in [-0.39, 0.29) is 46.2 Å². The summed E-state index contributed by atoms with van der Waals surface area (Å²) in [6.07, 6.45) is 1.04. The van der Waals surface area contributed by atoms with Crippen LogP contribution >= 0.6 is 0 Å². The molecule has 0 fully saturated rings. The second-order valence-corrected chi connectivity index (χ2v) is 7.91. The number of anilines is 1. The van der Waals surface area contributed by atoms with Crippen molar-refractivity contribution < 1.29 is 19.8 Å². The smallest absolute Gasteiger partial charge is 0.252 e. The van der Waals surface area contributed by atoms with Gasteiger partial charge in [-0.15, -0.1) is 0 Å². The molecule has 3 aliphatic carbocycles. The average molecular weight is 381 g/mol. The van der Waals surface area contributed by atoms with E-state index >= 15 is 0 Å². The summed E-state index contributed by atoms with van der Waals surface area (Å²) in [6.45, 7) is 5.81. The Hall–Kier alpha value is -3.06. The number of benzene rings is 1. The van der Waals surface area contributed by atoms with Crippen LogP contribution in [0.5, 0.6) is 5.75 Å². The maximum atomic E-state index is 13.3. The van der Waals surface area contributed by atoms with Crippen LogP contribution in [0.15, 0.2) is 46.8 Å². The summed E-state index contributed by atoms with van der Waals surface area (Å²) in [5, 5.41) is 20.7. The summed E-state index contributed by atoms with van der Waals surface area (Å²) in [4.78, 5) is 25.1. The van der Waals surface area contributed by atoms with Gasteiger partial charge >= 0.3 is 0 Å². The van der Waals surface area contributed by atoms with Gasteiger partial charge in [-0.3, -0.25) is 9.59 Å². The molecular formula is C21H23N3O4. The van der Waals surface area contributed by atoms with Crippen molar-refractivity contribution in [2.75, 3.05) is 5.73 Å². The zero-order valence-corrected chi connectivity index (χ0v) is 15.5. The van der Waals surface area contributed by atoms with E-state index in [1.807, 2.05) is 6.92 Å². The summed E-state index contributed by atoms with van der Waals surface area (Å²) in [7, 11) is 0. The van der Waals surface area contributed by atoms with Crippen molar-refractivity contribution in [2.24, 2.45) is 29.2 Å². The van der Waals surface area contributed by atoms with E-state index in [1.165, 1.54) is 6.07 Å². The lowest BCUT2D eigenvalue weighted by Crippen LogP contribution is -2.48. The maximum Gasteiger partial charge on any atom is 0.252 e. The molecule has 0 saturated heterocycles. The second-order valence-electron chi connectivity index (χ2n) is 7.91. The first-order valence-electron chi connectivity index (χ1n) is 9.18. The molecule has 0 saturated carbocycles. The van der Waals surface area contributed by atoms with Gasteiger partial charge in [-0.25, -0.2) is 0 Å². The highest BCUT2D eigenvalue weighted by Gasteiger charge is 2.49. The topological polar surface area (TPSA) is 153 Å². The minimum absolute atomic E-state index is 0.0529. The quantitative estimate of drug-likeness (QED) is 0.367. The number of aliphatic hydroxyl groups excluding tert-OH is 1. The number of rotatable bonds is 1. The van der Waals surface area contributed by atoms with Crippen LogP contribution in [0.25, 0.3) is 0 Å². The van der Waals surface area contributed by atoms with Crippen LogP contribution in [0.2, 0.25) is 0 Å². The van der Waals surface area contributed by atoms with Crippen LogP contribution < -0.4 is 17.2 Å². The molecule has 0 radical (unpaired) electrons. The number of nitrogens with two attached hydrogens (primary N) is 3. The van der Waals surface area contributed by atoms with Crippen molar-refractivity contribution in [2.45, 2.75) is 25.8 Å². The van der Waals surface area contributed by atoms with Crippen molar-refractivity contribution in [3.8, 4) is 5.75 Å². The van der Waals surface area contributed by atoms with Crippen molar-refractivity contribution in [3.05, 3.63) is 57.9 Å². The fourth-order valence-electron chi connectivity index (χ4n) is 5.30. The lowest BCUT2D eigenvalue weighted by molar-refractivity contribution is -0.114. The summed E-state index contributed by atoms with van der Waals surface area (Å²) in [5.41, 5.74) is 20.8. The molecule has 146 valence electrons. The summed E-state index contributed by atoms with van der Waals surface area (Å²) >= 11 is 0. The number of hydrogen-bond acceptors (Lipinski definition) is 6. The molecule has 7 nitrogen and oxygen atoms in total. The Morgan fingerprint density at radius 1 is 1.29 bits per heavy atom. The molecule has 3 unspecified atom stereocenters. The SMILES string of the molecule is C=C1C(C(N)=O)=C(O)[C@@H](N)C2CC3Cc4c(N)ccc(O)c4C(=O)C3=C(C)C12. The minimum Gasteiger partial charge on any atom is -0.510 e. The molecule has 4 atom stereocenters. The molecule has 0 heterocycles. The van der Waals surface area contributed by atoms with Gasteiger partial charge in [0.2, 0.25) is 0 Å². The van der Waals surface area contributed by atoms with Crippen molar-refractivity contribution >= 4 is 17.4 Å². The van der Waals surface area contributed by atoms with Crippen LogP contribution in [0.4, 0.5) is 5.69 Å². The number of primary amides is 1. The van der Waals surface area contributed by atoms with Crippen molar-refractivity contribution in [1.29, 1.82) is 0 Å². The molecule has 0 spiro atoms. The largest absolute Gasteiger partial charge is 0.510 e. The number of phenolic OH excluding ortho intramolecular Hbond substituents is 1. The minimum atomic E-state index is -0.790. The Morgan fingerprint density at radius 3 is 2.61 bits per heavy atom. The molecule has 3 aliphatic rings. The van der Waals surface area contributed by atoms with Gasteiger partial charge in [-0.05, 0) is 54.9 Å². The van der Waals surface area contributed by atoms with Crippen LogP contribution in [0, 0.1) is 17.8 Å². The normalized spacial score (nSPS) is 29.4. The third-order valence-electron chi connectivity index (χ3n) is 6.51. The van der Waals surface area contributed by atoms with Gasteiger partial charge in [0.1, 0.15) is 11.5 Å². The van der Waals surface area contributed by atoms with Crippen molar-refractivity contribution in [3.63, 3.8) is 0 Å². The number of nitrogen functional groups attached to an aromatic ring is 1. The van der Waals surface area contributed by atoms with Crippen LogP contribution in [-0.2, 0) is 11.2 Å². The van der Waals surface area contributed by atoms with E-state index in [2.05, 4.69) is 6.58 Å². The third kappa shape index (κ3) is 2.26. The number of amides is 1. The molecule has 28 heavy (non-hydrogen) atoms. The van der Waals surface area contributed by atoms with E-state index in [9.17, 15) is 19.8 Å². The van der Waals surface area contributed by atoms with Gasteiger partial charge in [0, 0.05) is 17.2 Å². The van der Waals surface area contributed by atoms with Crippen molar-refractivity contribution in [1.82, 2.24) is 0 Å². The Labute approximate surface area is 162 Å². The zero-order chi connectivity index (χ0) is 20.5. The molecule has 1 aromatic carbocycles. The number of hydrogen-bond donors (Lipinski definition) is 5. The average Bonchev–Trinajstić information content (AvgIpc) is 2.62. The summed E-state index contributed by atoms with van der Waals surface area (Å²) in [5.74, 6) is -2.09. The number of carbonyl (C=O) groups is 2. The predicted molar refractivity (Wildman–Crippen MR) is 104 cm³/mol. The Kier molecular flexibility index (Phi) is 3.90. The van der Waals surface area contributed by atoms with Gasteiger partial charge < -0.3 is 27.4 Å². The molecule has 8 N–H and O–H groups in total. The van der Waals surface area contributed by atoms with Gasteiger partial charge in [-0.2, -0.15) is 0 Å². The predicted octanol–water partition coefficient (Wildman–Crippen LogP) is 1.48. The number of allylic oxidation sites excluding steroid dienone is 2. The highest BCUT2D eigenvalue weighted by atomic mass is 16.3. The van der Waals surface area contributed by atoms with Crippen LogP contribution in [0.1, 0.15) is 29.3 Å². The monoisotopic (exact) mass is 381 g/mol. The molecule has 0 aromatic heterocycles. The van der Waals surface area contributed by atoms with E-state index in [0.717, 1.165) is 5.57 Å². The Bertz CT molecular complexity index is 1020. The van der Waals surface area contributed by atoms with Gasteiger partial charge in [-0.1, -0.05) is 12.2 Å². The number of phenols is 1. The third-order valence-corrected chi connectivity index (χ3v) is 6.51. The Morgan fingerprint density at radius 2 is 1.96 bits per heavy atom. The molecular weight excluding hydrogens is 358 g/mol. The first kappa shape index (κ1) is 18.3. The fourth-order valence-corrected chi connectivity index (χ4v) is 5.30. The number of ketones is 1. The second kappa shape index (κ2) is 5.97. The number of carbonyl (C=O) groups excluding carboxylic acids is 2. The van der Waals surface area contributed by atoms with E-state index in [0.29, 0.717) is 35.2 Å². The van der Waals surface area contributed by atoms with Crippen LogP contribution in [0.3, 0.4) is 0 Å². The maximum absolute atomic E-state index is 13.3. The van der Waals surface area contributed by atoms with Gasteiger partial charge in [0.15, 0.2) is 5.78 Å². The molecule has 7 heteroatoms. The fraction of sp³-hybridized carbons (Fsp3) is 0.333. The van der Waals surface area contributed by atoms with Crippen LogP contribution in [-0.4, -0.2) is 27.9 Å². The highest BCUT2D eigenvalue weighted by molar-refractivity contribution is 6.14. The lowest BCUT2D eigenvalue weighted by Gasteiger charge is -2.46. The van der Waals surface area contributed by atoms with Gasteiger partial charge in [0.05, 0.1) is 17.2 Å². The Balaban J connectivity index is 1.90. The number of fused-ring (bicyclic) bond motifs is 3. The first-order chi connectivity index (χ1) is 13.1. The standard InChI is InChI=1S/C21H23N3O4/c1-7-14-8(2)16(21(24)28)20(27)18(23)11(14)6-9-5-10-12(22)3-4-13(25)17(10)19(26)15(7)9/h3-4,9,11,14,18,25,27H,2,5-6,22-23H2,1H3,(H2,24,28)/t9?,11?,14?,18-/m0/s1. The molecule has 1 aromatic rings. The number of Topliss-reactive ketones (excluding diaryl/α,β-unsaturated/α-hetero) is 1. The molecule has 4 rings (SSSR count). The molecule has 0 bridgehead atoms.